The largest absolute Gasteiger partial charge is 0.396 e. The Balaban J connectivity index is 1.60. The minimum Gasteiger partial charge on any atom is -0.396 e. The smallest absolute Gasteiger partial charge is 0.224 e. The summed E-state index contributed by atoms with van der Waals surface area (Å²) in [6.45, 7) is 0.193. The Morgan fingerprint density at radius 1 is 1.42 bits per heavy atom. The fourth-order valence-corrected chi connectivity index (χ4v) is 3.82. The third kappa shape index (κ3) is 2.50. The molecule has 4 heteroatoms. The third-order valence-electron chi connectivity index (χ3n) is 4.71. The van der Waals surface area contributed by atoms with Crippen molar-refractivity contribution in [1.82, 2.24) is 10.3 Å². The van der Waals surface area contributed by atoms with Crippen LogP contribution in [0.3, 0.4) is 0 Å². The molecule has 1 aromatic rings. The van der Waals surface area contributed by atoms with Gasteiger partial charge in [-0.15, -0.1) is 0 Å². The van der Waals surface area contributed by atoms with Gasteiger partial charge in [-0.25, -0.2) is 0 Å². The lowest BCUT2D eigenvalue weighted by atomic mass is 9.85. The molecule has 2 fully saturated rings. The highest BCUT2D eigenvalue weighted by atomic mass is 16.3. The van der Waals surface area contributed by atoms with Gasteiger partial charge in [-0.3, -0.25) is 9.78 Å². The molecule has 102 valence electrons. The summed E-state index contributed by atoms with van der Waals surface area (Å²) in [7, 11) is 0. The monoisotopic (exact) mass is 260 g/mol. The Hall–Kier alpha value is -1.42. The molecule has 1 amide bonds. The molecule has 4 nitrogen and oxygen atoms in total. The molecule has 1 aromatic heterocycles. The number of carbonyl (C=O) groups excluding carboxylic acids is 1. The Labute approximate surface area is 113 Å². The van der Waals surface area contributed by atoms with Gasteiger partial charge in [0.2, 0.25) is 5.91 Å². The highest BCUT2D eigenvalue weighted by Crippen LogP contribution is 2.48. The molecule has 2 aliphatic rings. The maximum absolute atomic E-state index is 12.1. The average Bonchev–Trinajstić information content (AvgIpc) is 3.00. The van der Waals surface area contributed by atoms with E-state index in [9.17, 15) is 9.90 Å². The fourth-order valence-electron chi connectivity index (χ4n) is 3.82. The second kappa shape index (κ2) is 5.29. The molecular formula is C15H20N2O2. The van der Waals surface area contributed by atoms with Crippen LogP contribution in [-0.2, 0) is 11.2 Å². The van der Waals surface area contributed by atoms with Crippen LogP contribution >= 0.6 is 0 Å². The van der Waals surface area contributed by atoms with Gasteiger partial charge in [0.15, 0.2) is 0 Å². The minimum absolute atomic E-state index is 0.0454. The Bertz CT molecular complexity index is 449. The van der Waals surface area contributed by atoms with Gasteiger partial charge in [0.1, 0.15) is 0 Å². The van der Waals surface area contributed by atoms with Crippen LogP contribution in [0, 0.1) is 17.8 Å². The number of aromatic nitrogens is 1. The summed E-state index contributed by atoms with van der Waals surface area (Å²) in [6, 6.07) is 3.93. The first-order valence-electron chi connectivity index (χ1n) is 7.07. The van der Waals surface area contributed by atoms with Crippen molar-refractivity contribution < 1.29 is 9.90 Å². The number of rotatable bonds is 4. The molecule has 2 saturated carbocycles. The maximum Gasteiger partial charge on any atom is 0.224 e. The highest BCUT2D eigenvalue weighted by molar-refractivity contribution is 5.78. The quantitative estimate of drug-likeness (QED) is 0.853. The van der Waals surface area contributed by atoms with Crippen LogP contribution in [0.25, 0.3) is 0 Å². The van der Waals surface area contributed by atoms with Gasteiger partial charge < -0.3 is 10.4 Å². The zero-order valence-electron chi connectivity index (χ0n) is 11.0. The van der Waals surface area contributed by atoms with E-state index in [1.54, 1.807) is 12.4 Å². The lowest BCUT2D eigenvalue weighted by Gasteiger charge is -2.30. The molecule has 0 spiro atoms. The Morgan fingerprint density at radius 3 is 3.00 bits per heavy atom. The molecular weight excluding hydrogens is 240 g/mol. The van der Waals surface area contributed by atoms with Crippen LogP contribution in [0.5, 0.6) is 0 Å². The molecule has 2 aliphatic carbocycles. The lowest BCUT2D eigenvalue weighted by molar-refractivity contribution is -0.122. The van der Waals surface area contributed by atoms with E-state index in [-0.39, 0.29) is 24.5 Å². The van der Waals surface area contributed by atoms with E-state index in [0.717, 1.165) is 5.56 Å². The van der Waals surface area contributed by atoms with Gasteiger partial charge in [-0.2, -0.15) is 0 Å². The van der Waals surface area contributed by atoms with Gasteiger partial charge in [-0.05, 0) is 42.7 Å². The van der Waals surface area contributed by atoms with Gasteiger partial charge in [0, 0.05) is 31.0 Å². The van der Waals surface area contributed by atoms with E-state index in [1.807, 2.05) is 12.1 Å². The van der Waals surface area contributed by atoms with Crippen LogP contribution in [0.4, 0.5) is 0 Å². The normalized spacial score (nSPS) is 32.5. The van der Waals surface area contributed by atoms with Crippen molar-refractivity contribution in [3.8, 4) is 0 Å². The summed E-state index contributed by atoms with van der Waals surface area (Å²) in [5, 5.41) is 12.6. The van der Waals surface area contributed by atoms with Gasteiger partial charge >= 0.3 is 0 Å². The number of aliphatic hydroxyl groups excluding tert-OH is 1. The molecule has 2 N–H and O–H groups in total. The molecule has 2 bridgehead atoms. The number of carbonyl (C=O) groups is 1. The van der Waals surface area contributed by atoms with Crippen LogP contribution in [0.1, 0.15) is 24.8 Å². The summed E-state index contributed by atoms with van der Waals surface area (Å²) in [4.78, 5) is 16.1. The van der Waals surface area contributed by atoms with Crippen molar-refractivity contribution in [2.24, 2.45) is 17.8 Å². The highest BCUT2D eigenvalue weighted by Gasteiger charge is 2.47. The van der Waals surface area contributed by atoms with E-state index in [0.29, 0.717) is 18.3 Å². The van der Waals surface area contributed by atoms with E-state index < -0.39 is 0 Å². The number of hydrogen-bond donors (Lipinski definition) is 2. The lowest BCUT2D eigenvalue weighted by Crippen LogP contribution is -2.45. The van der Waals surface area contributed by atoms with E-state index >= 15 is 0 Å². The van der Waals surface area contributed by atoms with Gasteiger partial charge in [0.05, 0.1) is 6.42 Å². The maximum atomic E-state index is 12.1. The first-order chi connectivity index (χ1) is 9.28. The van der Waals surface area contributed by atoms with Crippen molar-refractivity contribution in [3.05, 3.63) is 30.1 Å². The summed E-state index contributed by atoms with van der Waals surface area (Å²) in [6.07, 6.45) is 7.38. The molecule has 0 aliphatic heterocycles. The molecule has 3 rings (SSSR count). The van der Waals surface area contributed by atoms with E-state index in [1.165, 1.54) is 19.3 Å². The van der Waals surface area contributed by atoms with Crippen LogP contribution in [0.2, 0.25) is 0 Å². The summed E-state index contributed by atoms with van der Waals surface area (Å²) in [5.74, 6) is 1.49. The summed E-state index contributed by atoms with van der Waals surface area (Å²) >= 11 is 0. The SMILES string of the molecule is O=C(Cc1cccnc1)NC1C2CCC(C2)C1CO. The van der Waals surface area contributed by atoms with Crippen LogP contribution < -0.4 is 5.32 Å². The summed E-state index contributed by atoms with van der Waals surface area (Å²) < 4.78 is 0. The van der Waals surface area contributed by atoms with Crippen molar-refractivity contribution in [2.45, 2.75) is 31.7 Å². The molecule has 0 aromatic carbocycles. The fraction of sp³-hybridized carbons (Fsp3) is 0.600. The third-order valence-corrected chi connectivity index (χ3v) is 4.71. The number of aliphatic hydroxyl groups is 1. The number of nitrogens with one attached hydrogen (secondary N) is 1. The number of fused-ring (bicyclic) bond motifs is 2. The first kappa shape index (κ1) is 12.6. The molecule has 1 heterocycles. The Morgan fingerprint density at radius 2 is 2.26 bits per heavy atom. The first-order valence-corrected chi connectivity index (χ1v) is 7.07. The molecule has 0 radical (unpaired) electrons. The van der Waals surface area contributed by atoms with Gasteiger partial charge in [-0.1, -0.05) is 6.07 Å². The Kier molecular flexibility index (Phi) is 3.51. The van der Waals surface area contributed by atoms with Gasteiger partial charge in [0.25, 0.3) is 0 Å². The van der Waals surface area contributed by atoms with Crippen LogP contribution in [0.15, 0.2) is 24.5 Å². The predicted molar refractivity (Wildman–Crippen MR) is 71.3 cm³/mol. The van der Waals surface area contributed by atoms with E-state index in [4.69, 9.17) is 0 Å². The molecule has 4 atom stereocenters. The summed E-state index contributed by atoms with van der Waals surface area (Å²) in [5.41, 5.74) is 0.934. The average molecular weight is 260 g/mol. The molecule has 0 saturated heterocycles. The number of pyridine rings is 1. The van der Waals surface area contributed by atoms with E-state index in [2.05, 4.69) is 10.3 Å². The number of amides is 1. The van der Waals surface area contributed by atoms with Crippen molar-refractivity contribution in [3.63, 3.8) is 0 Å². The van der Waals surface area contributed by atoms with Crippen molar-refractivity contribution in [1.29, 1.82) is 0 Å². The second-order valence-electron chi connectivity index (χ2n) is 5.81. The second-order valence-corrected chi connectivity index (χ2v) is 5.81. The standard InChI is InChI=1S/C15H20N2O2/c18-9-13-11-3-4-12(7-11)15(13)17-14(19)6-10-2-1-5-16-8-10/h1-2,5,8,11-13,15,18H,3-4,6-7,9H2,(H,17,19). The predicted octanol–water partition coefficient (Wildman–Crippen LogP) is 1.15. The van der Waals surface area contributed by atoms with Crippen LogP contribution in [-0.4, -0.2) is 28.6 Å². The zero-order valence-corrected chi connectivity index (χ0v) is 11.0. The van der Waals surface area contributed by atoms with Crippen molar-refractivity contribution in [2.75, 3.05) is 6.61 Å². The number of nitrogens with zero attached hydrogens (tertiary/aromatic N) is 1. The zero-order chi connectivity index (χ0) is 13.2. The minimum atomic E-state index is 0.0454. The van der Waals surface area contributed by atoms with Crippen molar-refractivity contribution >= 4 is 5.91 Å². The molecule has 4 unspecified atom stereocenters. The topological polar surface area (TPSA) is 62.2 Å². The molecule has 19 heavy (non-hydrogen) atoms. The number of hydrogen-bond acceptors (Lipinski definition) is 3.